The van der Waals surface area contributed by atoms with Gasteiger partial charge in [-0.05, 0) is 12.1 Å². The van der Waals surface area contributed by atoms with Crippen molar-refractivity contribution in [1.29, 1.82) is 0 Å². The van der Waals surface area contributed by atoms with Crippen LogP contribution >= 0.6 is 0 Å². The molecule has 1 rings (SSSR count). The van der Waals surface area contributed by atoms with Crippen LogP contribution in [-0.2, 0) is 29.9 Å². The molecule has 0 saturated heterocycles. The van der Waals surface area contributed by atoms with E-state index in [1.165, 1.54) is 0 Å². The van der Waals surface area contributed by atoms with Crippen molar-refractivity contribution in [1.82, 2.24) is 4.98 Å². The molecule has 1 heterocycles. The van der Waals surface area contributed by atoms with Crippen LogP contribution in [0.3, 0.4) is 0 Å². The zero-order chi connectivity index (χ0) is 8.74. The number of pyridine rings is 1. The van der Waals surface area contributed by atoms with E-state index >= 15 is 0 Å². The van der Waals surface area contributed by atoms with Gasteiger partial charge in [0.05, 0.1) is 0 Å². The van der Waals surface area contributed by atoms with E-state index in [1.807, 2.05) is 18.2 Å². The van der Waals surface area contributed by atoms with Crippen LogP contribution in [0.15, 0.2) is 30.6 Å². The predicted molar refractivity (Wildman–Crippen MR) is 38.4 cm³/mol. The predicted octanol–water partition coefficient (Wildman–Crippen LogP) is 0.426. The van der Waals surface area contributed by atoms with E-state index in [9.17, 15) is 0 Å². The SMILES string of the molecule is O=S(=O)(O)O.[Zn].c1ccncc1. The van der Waals surface area contributed by atoms with Gasteiger partial charge in [-0.3, -0.25) is 14.1 Å². The van der Waals surface area contributed by atoms with E-state index in [4.69, 9.17) is 17.5 Å². The Balaban J connectivity index is 0. The van der Waals surface area contributed by atoms with Gasteiger partial charge in [-0.25, -0.2) is 0 Å². The smallest absolute Gasteiger partial charge is 0.265 e. The van der Waals surface area contributed by atoms with Crippen molar-refractivity contribution in [2.24, 2.45) is 0 Å². The average molecular weight is 243 g/mol. The molecular weight excluding hydrogens is 236 g/mol. The second-order valence-corrected chi connectivity index (χ2v) is 2.37. The Morgan fingerprint density at radius 1 is 1.00 bits per heavy atom. The van der Waals surface area contributed by atoms with E-state index in [0.717, 1.165) is 0 Å². The quantitative estimate of drug-likeness (QED) is 0.509. The van der Waals surface area contributed by atoms with Gasteiger partial charge in [0.2, 0.25) is 0 Å². The van der Waals surface area contributed by atoms with Crippen LogP contribution in [0.25, 0.3) is 0 Å². The van der Waals surface area contributed by atoms with Crippen LogP contribution in [0.1, 0.15) is 0 Å². The van der Waals surface area contributed by atoms with Gasteiger partial charge in [-0.1, -0.05) is 6.07 Å². The van der Waals surface area contributed by atoms with E-state index in [1.54, 1.807) is 12.4 Å². The van der Waals surface area contributed by atoms with Crippen LogP contribution in [0.2, 0.25) is 0 Å². The Hall–Kier alpha value is -0.357. The molecule has 0 saturated carbocycles. The maximum absolute atomic E-state index is 8.74. The molecule has 5 nitrogen and oxygen atoms in total. The van der Waals surface area contributed by atoms with Crippen LogP contribution < -0.4 is 0 Å². The molecule has 0 aliphatic rings. The summed E-state index contributed by atoms with van der Waals surface area (Å²) < 4.78 is 31.6. The standard InChI is InChI=1S/C5H5N.H2O4S.Zn/c1-2-4-6-5-3-1;1-5(2,3)4;/h1-5H;(H2,1,2,3,4);. The summed E-state index contributed by atoms with van der Waals surface area (Å²) in [6.07, 6.45) is 3.50. The maximum Gasteiger partial charge on any atom is 0.394 e. The summed E-state index contributed by atoms with van der Waals surface area (Å²) in [6, 6.07) is 5.72. The van der Waals surface area contributed by atoms with Crippen molar-refractivity contribution in [2.45, 2.75) is 0 Å². The summed E-state index contributed by atoms with van der Waals surface area (Å²) in [6.45, 7) is 0. The van der Waals surface area contributed by atoms with Gasteiger partial charge >= 0.3 is 10.4 Å². The molecule has 0 unspecified atom stereocenters. The van der Waals surface area contributed by atoms with Gasteiger partial charge < -0.3 is 0 Å². The Morgan fingerprint density at radius 2 is 1.33 bits per heavy atom. The van der Waals surface area contributed by atoms with Gasteiger partial charge in [0, 0.05) is 31.9 Å². The van der Waals surface area contributed by atoms with Crippen LogP contribution in [0.5, 0.6) is 0 Å². The van der Waals surface area contributed by atoms with E-state index < -0.39 is 10.4 Å². The van der Waals surface area contributed by atoms with Gasteiger partial charge in [0.25, 0.3) is 0 Å². The molecule has 0 fully saturated rings. The summed E-state index contributed by atoms with van der Waals surface area (Å²) in [5, 5.41) is 0. The number of nitrogens with zero attached hydrogens (tertiary/aromatic N) is 1. The van der Waals surface area contributed by atoms with Gasteiger partial charge in [-0.2, -0.15) is 8.42 Å². The van der Waals surface area contributed by atoms with E-state index in [-0.39, 0.29) is 19.5 Å². The molecule has 0 amide bonds. The van der Waals surface area contributed by atoms with Crippen molar-refractivity contribution >= 4 is 10.4 Å². The van der Waals surface area contributed by atoms with Crippen molar-refractivity contribution in [3.05, 3.63) is 30.6 Å². The van der Waals surface area contributed by atoms with Crippen LogP contribution in [0.4, 0.5) is 0 Å². The second kappa shape index (κ2) is 7.30. The van der Waals surface area contributed by atoms with E-state index in [0.29, 0.717) is 0 Å². The summed E-state index contributed by atoms with van der Waals surface area (Å²) in [5.74, 6) is 0. The minimum absolute atomic E-state index is 0. The van der Waals surface area contributed by atoms with Crippen LogP contribution in [0, 0.1) is 0 Å². The molecule has 0 aliphatic carbocycles. The van der Waals surface area contributed by atoms with Crippen molar-refractivity contribution < 1.29 is 37.0 Å². The third-order valence-corrected chi connectivity index (χ3v) is 0.566. The summed E-state index contributed by atoms with van der Waals surface area (Å²) >= 11 is 0. The van der Waals surface area contributed by atoms with Gasteiger partial charge in [-0.15, -0.1) is 0 Å². The number of hydrogen-bond donors (Lipinski definition) is 2. The number of hydrogen-bond acceptors (Lipinski definition) is 3. The third kappa shape index (κ3) is 22.6. The normalized spacial score (nSPS) is 8.83. The second-order valence-electron chi connectivity index (χ2n) is 1.47. The minimum atomic E-state index is -4.67. The zero-order valence-electron chi connectivity index (χ0n) is 6.16. The monoisotopic (exact) mass is 241 g/mol. The first-order valence-electron chi connectivity index (χ1n) is 2.55. The molecule has 64 valence electrons. The van der Waals surface area contributed by atoms with Gasteiger partial charge in [0.1, 0.15) is 0 Å². The molecule has 2 N–H and O–H groups in total. The van der Waals surface area contributed by atoms with Crippen molar-refractivity contribution in [3.8, 4) is 0 Å². The molecule has 0 spiro atoms. The molecule has 1 aromatic heterocycles. The molecular formula is C5H7NO4SZn. The summed E-state index contributed by atoms with van der Waals surface area (Å²) in [5.41, 5.74) is 0. The first-order chi connectivity index (χ1) is 5.00. The first kappa shape index (κ1) is 14.2. The Kier molecular flexibility index (Phi) is 8.63. The Bertz CT molecular complexity index is 240. The zero-order valence-corrected chi connectivity index (χ0v) is 9.94. The Labute approximate surface area is 83.2 Å². The number of rotatable bonds is 0. The summed E-state index contributed by atoms with van der Waals surface area (Å²) in [7, 11) is -4.67. The van der Waals surface area contributed by atoms with Gasteiger partial charge in [0.15, 0.2) is 0 Å². The Morgan fingerprint density at radius 3 is 1.42 bits per heavy atom. The number of aromatic nitrogens is 1. The maximum atomic E-state index is 8.74. The fourth-order valence-corrected chi connectivity index (χ4v) is 0.313. The first-order valence-corrected chi connectivity index (χ1v) is 3.95. The minimum Gasteiger partial charge on any atom is -0.265 e. The largest absolute Gasteiger partial charge is 0.394 e. The fraction of sp³-hybridized carbons (Fsp3) is 0. The molecule has 0 radical (unpaired) electrons. The van der Waals surface area contributed by atoms with Crippen LogP contribution in [-0.4, -0.2) is 22.5 Å². The topological polar surface area (TPSA) is 87.5 Å². The third-order valence-electron chi connectivity index (χ3n) is 0.566. The molecule has 7 heteroatoms. The molecule has 12 heavy (non-hydrogen) atoms. The average Bonchev–Trinajstić information content (AvgIpc) is 1.88. The molecule has 0 aliphatic heterocycles. The van der Waals surface area contributed by atoms with Crippen molar-refractivity contribution in [3.63, 3.8) is 0 Å². The van der Waals surface area contributed by atoms with Crippen molar-refractivity contribution in [2.75, 3.05) is 0 Å². The molecule has 0 atom stereocenters. The molecule has 0 bridgehead atoms. The summed E-state index contributed by atoms with van der Waals surface area (Å²) in [4.78, 5) is 3.78. The molecule has 0 aromatic carbocycles. The fourth-order valence-electron chi connectivity index (χ4n) is 0.313. The molecule has 1 aromatic rings. The van der Waals surface area contributed by atoms with E-state index in [2.05, 4.69) is 4.98 Å².